The van der Waals surface area contributed by atoms with Gasteiger partial charge in [-0.05, 0) is 43.2 Å². The van der Waals surface area contributed by atoms with E-state index in [0.717, 1.165) is 12.1 Å². The van der Waals surface area contributed by atoms with Crippen LogP contribution in [0.1, 0.15) is 28.8 Å². The number of nitrogens with zero attached hydrogens (tertiary/aromatic N) is 2. The minimum atomic E-state index is -1.06. The molecule has 5 nitrogen and oxygen atoms in total. The Morgan fingerprint density at radius 2 is 1.78 bits per heavy atom. The van der Waals surface area contributed by atoms with Gasteiger partial charge in [0.1, 0.15) is 6.07 Å². The number of para-hydroxylation sites is 1. The van der Waals surface area contributed by atoms with Gasteiger partial charge in [-0.15, -0.1) is 0 Å². The molecule has 7 heteroatoms. The van der Waals surface area contributed by atoms with Crippen molar-refractivity contribution in [2.45, 2.75) is 12.8 Å². The van der Waals surface area contributed by atoms with Gasteiger partial charge in [-0.2, -0.15) is 5.26 Å². The van der Waals surface area contributed by atoms with Crippen LogP contribution in [0.2, 0.25) is 0 Å². The van der Waals surface area contributed by atoms with Crippen LogP contribution in [0.25, 0.3) is 0 Å². The summed E-state index contributed by atoms with van der Waals surface area (Å²) in [6.45, 7) is 0.686. The Morgan fingerprint density at radius 3 is 2.44 bits per heavy atom. The minimum absolute atomic E-state index is 0.0831. The van der Waals surface area contributed by atoms with Crippen molar-refractivity contribution in [3.63, 3.8) is 0 Å². The molecule has 1 aliphatic rings. The molecule has 0 saturated carbocycles. The van der Waals surface area contributed by atoms with Crippen LogP contribution in [0.4, 0.5) is 14.5 Å². The van der Waals surface area contributed by atoms with Crippen LogP contribution in [0.15, 0.2) is 42.5 Å². The van der Waals surface area contributed by atoms with Gasteiger partial charge in [0.15, 0.2) is 11.6 Å². The number of likely N-dealkylation sites (tertiary alicyclic amines) is 1. The molecule has 2 aromatic carbocycles. The van der Waals surface area contributed by atoms with Crippen LogP contribution in [0.5, 0.6) is 0 Å². The number of nitrogens with one attached hydrogen (secondary N) is 1. The second kappa shape index (κ2) is 7.96. The van der Waals surface area contributed by atoms with E-state index >= 15 is 0 Å². The zero-order chi connectivity index (χ0) is 19.4. The molecule has 0 unspecified atom stereocenters. The van der Waals surface area contributed by atoms with Gasteiger partial charge in [0, 0.05) is 24.6 Å². The molecule has 3 rings (SSSR count). The summed E-state index contributed by atoms with van der Waals surface area (Å²) in [6.07, 6.45) is 0.909. The van der Waals surface area contributed by atoms with Crippen molar-refractivity contribution in [2.75, 3.05) is 18.4 Å². The third-order valence-electron chi connectivity index (χ3n) is 4.62. The van der Waals surface area contributed by atoms with Crippen molar-refractivity contribution in [3.8, 4) is 6.07 Å². The summed E-state index contributed by atoms with van der Waals surface area (Å²) < 4.78 is 26.3. The maximum atomic E-state index is 13.3. The van der Waals surface area contributed by atoms with E-state index in [4.69, 9.17) is 5.26 Å². The van der Waals surface area contributed by atoms with Crippen molar-refractivity contribution in [1.82, 2.24) is 4.90 Å². The van der Waals surface area contributed by atoms with Gasteiger partial charge in [-0.3, -0.25) is 9.59 Å². The largest absolute Gasteiger partial charge is 0.339 e. The number of halogens is 2. The van der Waals surface area contributed by atoms with E-state index in [2.05, 4.69) is 5.32 Å². The van der Waals surface area contributed by atoms with Crippen LogP contribution < -0.4 is 5.32 Å². The normalized spacial score (nSPS) is 14.5. The lowest BCUT2D eigenvalue weighted by Crippen LogP contribution is -2.41. The molecule has 0 aromatic heterocycles. The Kier molecular flexibility index (Phi) is 5.46. The molecule has 1 aliphatic heterocycles. The monoisotopic (exact) mass is 369 g/mol. The van der Waals surface area contributed by atoms with Crippen molar-refractivity contribution in [3.05, 3.63) is 65.2 Å². The Balaban J connectivity index is 1.59. The number of hydrogen-bond donors (Lipinski definition) is 1. The maximum absolute atomic E-state index is 13.3. The fourth-order valence-corrected chi connectivity index (χ4v) is 3.08. The summed E-state index contributed by atoms with van der Waals surface area (Å²) in [6, 6.07) is 11.8. The second-order valence-corrected chi connectivity index (χ2v) is 6.34. The summed E-state index contributed by atoms with van der Waals surface area (Å²) in [5.74, 6) is -2.93. The van der Waals surface area contributed by atoms with Gasteiger partial charge >= 0.3 is 0 Å². The second-order valence-electron chi connectivity index (χ2n) is 6.34. The fraction of sp³-hybridized carbons (Fsp3) is 0.250. The molecule has 0 radical (unpaired) electrons. The number of piperidine rings is 1. The zero-order valence-corrected chi connectivity index (χ0v) is 14.4. The van der Waals surface area contributed by atoms with Crippen LogP contribution in [0, 0.1) is 28.9 Å². The van der Waals surface area contributed by atoms with Gasteiger partial charge in [-0.25, -0.2) is 8.78 Å². The number of rotatable bonds is 3. The highest BCUT2D eigenvalue weighted by molar-refractivity contribution is 5.95. The summed E-state index contributed by atoms with van der Waals surface area (Å²) in [5, 5.41) is 11.9. The van der Waals surface area contributed by atoms with E-state index in [9.17, 15) is 18.4 Å². The van der Waals surface area contributed by atoms with Gasteiger partial charge in [0.05, 0.1) is 11.3 Å². The smallest absolute Gasteiger partial charge is 0.253 e. The van der Waals surface area contributed by atoms with Crippen molar-refractivity contribution >= 4 is 17.5 Å². The average molecular weight is 369 g/mol. The maximum Gasteiger partial charge on any atom is 0.253 e. The number of amides is 2. The van der Waals surface area contributed by atoms with Gasteiger partial charge in [-0.1, -0.05) is 12.1 Å². The van der Waals surface area contributed by atoms with E-state index in [1.165, 1.54) is 11.0 Å². The summed E-state index contributed by atoms with van der Waals surface area (Å²) in [4.78, 5) is 26.4. The molecule has 1 saturated heterocycles. The fourth-order valence-electron chi connectivity index (χ4n) is 3.08. The third kappa shape index (κ3) is 4.11. The Labute approximate surface area is 155 Å². The molecule has 2 amide bonds. The molecular weight excluding hydrogens is 352 g/mol. The van der Waals surface area contributed by atoms with E-state index in [1.807, 2.05) is 6.07 Å². The molecular formula is C20H17F2N3O2. The summed E-state index contributed by atoms with van der Waals surface area (Å²) >= 11 is 0. The molecule has 0 aliphatic carbocycles. The molecule has 1 N–H and O–H groups in total. The Hall–Kier alpha value is -3.27. The molecule has 138 valence electrons. The first-order valence-corrected chi connectivity index (χ1v) is 8.54. The summed E-state index contributed by atoms with van der Waals surface area (Å²) in [7, 11) is 0. The molecule has 2 aromatic rings. The van der Waals surface area contributed by atoms with Gasteiger partial charge in [0.25, 0.3) is 5.91 Å². The van der Waals surface area contributed by atoms with E-state index < -0.39 is 11.6 Å². The SMILES string of the molecule is N#Cc1ccccc1NC(=O)C1CCN(C(=O)c2ccc(F)c(F)c2)CC1. The predicted octanol–water partition coefficient (Wildman–Crippen LogP) is 3.33. The lowest BCUT2D eigenvalue weighted by Gasteiger charge is -2.31. The number of hydrogen-bond acceptors (Lipinski definition) is 3. The van der Waals surface area contributed by atoms with E-state index in [0.29, 0.717) is 37.2 Å². The number of nitriles is 1. The van der Waals surface area contributed by atoms with Gasteiger partial charge < -0.3 is 10.2 Å². The van der Waals surface area contributed by atoms with Crippen molar-refractivity contribution < 1.29 is 18.4 Å². The van der Waals surface area contributed by atoms with Crippen molar-refractivity contribution in [1.29, 1.82) is 5.26 Å². The molecule has 0 atom stereocenters. The first kappa shape index (κ1) is 18.5. The third-order valence-corrected chi connectivity index (χ3v) is 4.62. The van der Waals surface area contributed by atoms with E-state index in [-0.39, 0.29) is 23.3 Å². The van der Waals surface area contributed by atoms with Crippen LogP contribution in [-0.2, 0) is 4.79 Å². The highest BCUT2D eigenvalue weighted by Gasteiger charge is 2.28. The topological polar surface area (TPSA) is 73.2 Å². The molecule has 0 spiro atoms. The summed E-state index contributed by atoms with van der Waals surface area (Å²) in [5.41, 5.74) is 0.932. The first-order chi connectivity index (χ1) is 13.0. The number of anilines is 1. The molecule has 1 fully saturated rings. The quantitative estimate of drug-likeness (QED) is 0.902. The molecule has 27 heavy (non-hydrogen) atoms. The minimum Gasteiger partial charge on any atom is -0.339 e. The highest BCUT2D eigenvalue weighted by Crippen LogP contribution is 2.22. The Bertz CT molecular complexity index is 916. The molecule has 1 heterocycles. The lowest BCUT2D eigenvalue weighted by molar-refractivity contribution is -0.121. The zero-order valence-electron chi connectivity index (χ0n) is 14.4. The number of carbonyl (C=O) groups is 2. The molecule has 0 bridgehead atoms. The standard InChI is InChI=1S/C20H17F2N3O2/c21-16-6-5-14(11-17(16)22)20(27)25-9-7-13(8-10-25)19(26)24-18-4-2-1-3-15(18)12-23/h1-6,11,13H,7-10H2,(H,24,26). The first-order valence-electron chi connectivity index (χ1n) is 8.54. The van der Waals surface area contributed by atoms with Crippen LogP contribution in [0.3, 0.4) is 0 Å². The average Bonchev–Trinajstić information content (AvgIpc) is 2.70. The predicted molar refractivity (Wildman–Crippen MR) is 94.8 cm³/mol. The number of carbonyl (C=O) groups excluding carboxylic acids is 2. The van der Waals surface area contributed by atoms with E-state index in [1.54, 1.807) is 24.3 Å². The number of benzene rings is 2. The van der Waals surface area contributed by atoms with Gasteiger partial charge in [0.2, 0.25) is 5.91 Å². The lowest BCUT2D eigenvalue weighted by atomic mass is 9.95. The highest BCUT2D eigenvalue weighted by atomic mass is 19.2. The van der Waals surface area contributed by atoms with Crippen molar-refractivity contribution in [2.24, 2.45) is 5.92 Å². The Morgan fingerprint density at radius 1 is 1.07 bits per heavy atom. The van der Waals surface area contributed by atoms with Crippen LogP contribution in [-0.4, -0.2) is 29.8 Å². The van der Waals surface area contributed by atoms with Crippen LogP contribution >= 0.6 is 0 Å².